The SMILES string of the molecule is NC(CCS(=O)(=O)[O-])C(=O)OC1C2CC3CC1CC(N)(C3)C2. The van der Waals surface area contributed by atoms with E-state index < -0.39 is 27.9 Å². The van der Waals surface area contributed by atoms with Crippen LogP contribution in [0.1, 0.15) is 38.5 Å². The van der Waals surface area contributed by atoms with E-state index in [1.54, 1.807) is 0 Å². The molecule has 4 fully saturated rings. The molecule has 4 aliphatic rings. The normalized spacial score (nSPS) is 41.4. The van der Waals surface area contributed by atoms with Crippen molar-refractivity contribution in [2.45, 2.75) is 56.2 Å². The minimum Gasteiger partial charge on any atom is -0.748 e. The Bertz CT molecular complexity index is 548. The third-order valence-electron chi connectivity index (χ3n) is 5.47. The lowest BCUT2D eigenvalue weighted by Crippen LogP contribution is -2.62. The molecule has 0 aromatic carbocycles. The van der Waals surface area contributed by atoms with Gasteiger partial charge in [-0.15, -0.1) is 0 Å². The highest BCUT2D eigenvalue weighted by molar-refractivity contribution is 7.85. The Balaban J connectivity index is 1.58. The van der Waals surface area contributed by atoms with Gasteiger partial charge in [-0.1, -0.05) is 0 Å². The zero-order chi connectivity index (χ0) is 16.1. The van der Waals surface area contributed by atoms with Gasteiger partial charge in [-0.25, -0.2) is 8.42 Å². The van der Waals surface area contributed by atoms with E-state index >= 15 is 0 Å². The summed E-state index contributed by atoms with van der Waals surface area (Å²) in [7, 11) is -4.36. The summed E-state index contributed by atoms with van der Waals surface area (Å²) in [5.41, 5.74) is 12.0. The quantitative estimate of drug-likeness (QED) is 0.521. The van der Waals surface area contributed by atoms with Crippen LogP contribution in [0.2, 0.25) is 0 Å². The number of rotatable bonds is 5. The molecule has 4 aliphatic carbocycles. The van der Waals surface area contributed by atoms with Crippen LogP contribution in [0.15, 0.2) is 0 Å². The second-order valence-corrected chi connectivity index (χ2v) is 8.91. The molecule has 0 heterocycles. The van der Waals surface area contributed by atoms with Gasteiger partial charge in [0.05, 0.1) is 10.1 Å². The predicted molar refractivity (Wildman–Crippen MR) is 77.5 cm³/mol. The third kappa shape index (κ3) is 3.29. The van der Waals surface area contributed by atoms with Crippen molar-refractivity contribution in [2.24, 2.45) is 29.2 Å². The number of carbonyl (C=O) groups excluding carboxylic acids is 1. The summed E-state index contributed by atoms with van der Waals surface area (Å²) in [5.74, 6) is -0.0374. The maximum atomic E-state index is 12.1. The molecule has 4 rings (SSSR count). The van der Waals surface area contributed by atoms with Crippen LogP contribution in [0.4, 0.5) is 0 Å². The topological polar surface area (TPSA) is 136 Å². The second-order valence-electron chi connectivity index (χ2n) is 7.39. The molecule has 4 bridgehead atoms. The highest BCUT2D eigenvalue weighted by Crippen LogP contribution is 2.55. The summed E-state index contributed by atoms with van der Waals surface area (Å²) >= 11 is 0. The van der Waals surface area contributed by atoms with Gasteiger partial charge in [0.1, 0.15) is 12.1 Å². The molecule has 3 atom stereocenters. The van der Waals surface area contributed by atoms with Crippen molar-refractivity contribution in [3.05, 3.63) is 0 Å². The Morgan fingerprint density at radius 3 is 2.36 bits per heavy atom. The first-order valence-corrected chi connectivity index (χ1v) is 9.41. The van der Waals surface area contributed by atoms with Crippen molar-refractivity contribution in [1.29, 1.82) is 0 Å². The fourth-order valence-corrected chi connectivity index (χ4v) is 5.39. The van der Waals surface area contributed by atoms with E-state index in [0.717, 1.165) is 32.1 Å². The zero-order valence-corrected chi connectivity index (χ0v) is 13.3. The number of hydrogen-bond donors (Lipinski definition) is 2. The summed E-state index contributed by atoms with van der Waals surface area (Å²) in [6, 6.07) is -1.06. The van der Waals surface area contributed by atoms with E-state index in [4.69, 9.17) is 16.2 Å². The lowest BCUT2D eigenvalue weighted by atomic mass is 9.52. The van der Waals surface area contributed by atoms with E-state index in [-0.39, 0.29) is 29.9 Å². The van der Waals surface area contributed by atoms with Crippen molar-refractivity contribution in [3.8, 4) is 0 Å². The molecule has 22 heavy (non-hydrogen) atoms. The van der Waals surface area contributed by atoms with E-state index in [1.165, 1.54) is 0 Å². The number of esters is 1. The minimum atomic E-state index is -4.36. The van der Waals surface area contributed by atoms with Gasteiger partial charge < -0.3 is 20.8 Å². The number of nitrogens with two attached hydrogens (primary N) is 2. The molecule has 0 amide bonds. The summed E-state index contributed by atoms with van der Waals surface area (Å²) in [6.45, 7) is 0. The molecular weight excluding hydrogens is 308 g/mol. The molecule has 7 nitrogen and oxygen atoms in total. The van der Waals surface area contributed by atoms with Gasteiger partial charge in [-0.2, -0.15) is 0 Å². The molecule has 0 aliphatic heterocycles. The van der Waals surface area contributed by atoms with E-state index in [0.29, 0.717) is 5.92 Å². The van der Waals surface area contributed by atoms with Crippen molar-refractivity contribution >= 4 is 16.1 Å². The highest BCUT2D eigenvalue weighted by atomic mass is 32.2. The second kappa shape index (κ2) is 5.43. The van der Waals surface area contributed by atoms with Crippen LogP contribution >= 0.6 is 0 Å². The van der Waals surface area contributed by atoms with Crippen LogP contribution in [0, 0.1) is 17.8 Å². The first kappa shape index (κ1) is 16.2. The molecule has 4 saturated carbocycles. The largest absolute Gasteiger partial charge is 0.748 e. The predicted octanol–water partition coefficient (Wildman–Crippen LogP) is -0.302. The van der Waals surface area contributed by atoms with E-state index in [1.807, 2.05) is 0 Å². The Kier molecular flexibility index (Phi) is 3.99. The van der Waals surface area contributed by atoms with Gasteiger partial charge in [-0.05, 0) is 56.3 Å². The number of ether oxygens (including phenoxy) is 1. The van der Waals surface area contributed by atoms with E-state index in [9.17, 15) is 17.8 Å². The number of hydrogen-bond acceptors (Lipinski definition) is 7. The Morgan fingerprint density at radius 2 is 1.86 bits per heavy atom. The molecular formula is C14H23N2O5S-. The van der Waals surface area contributed by atoms with Crippen molar-refractivity contribution in [2.75, 3.05) is 5.75 Å². The standard InChI is InChI=1S/C14H24N2O5S/c15-11(1-2-22(18,19)20)13(17)21-12-9-3-8-4-10(12)7-14(16,5-8)6-9/h8-12H,1-7,15-16H2,(H,18,19,20)/p-1. The van der Waals surface area contributed by atoms with Crippen LogP contribution < -0.4 is 11.5 Å². The molecule has 4 N–H and O–H groups in total. The zero-order valence-electron chi connectivity index (χ0n) is 12.4. The highest BCUT2D eigenvalue weighted by Gasteiger charge is 2.55. The summed E-state index contributed by atoms with van der Waals surface area (Å²) in [5, 5.41) is 0. The summed E-state index contributed by atoms with van der Waals surface area (Å²) in [6.07, 6.45) is 4.55. The van der Waals surface area contributed by atoms with Crippen LogP contribution in [0.3, 0.4) is 0 Å². The van der Waals surface area contributed by atoms with Crippen LogP contribution in [-0.2, 0) is 19.6 Å². The molecule has 0 aromatic heterocycles. The third-order valence-corrected chi connectivity index (χ3v) is 6.20. The Labute approximate surface area is 130 Å². The average molecular weight is 331 g/mol. The van der Waals surface area contributed by atoms with Gasteiger partial charge in [0.25, 0.3) is 0 Å². The van der Waals surface area contributed by atoms with Crippen LogP contribution in [0.25, 0.3) is 0 Å². The number of carbonyl (C=O) groups is 1. The van der Waals surface area contributed by atoms with Gasteiger partial charge >= 0.3 is 5.97 Å². The molecule has 0 spiro atoms. The van der Waals surface area contributed by atoms with Gasteiger partial charge in [-0.3, -0.25) is 4.79 Å². The monoisotopic (exact) mass is 331 g/mol. The van der Waals surface area contributed by atoms with Crippen LogP contribution in [0.5, 0.6) is 0 Å². The first-order chi connectivity index (χ1) is 10.2. The van der Waals surface area contributed by atoms with Gasteiger partial charge in [0.15, 0.2) is 0 Å². The Hall–Kier alpha value is -0.700. The molecule has 0 aromatic rings. The fraction of sp³-hybridized carbons (Fsp3) is 0.929. The molecule has 3 unspecified atom stereocenters. The lowest BCUT2D eigenvalue weighted by Gasteiger charge is -2.58. The Morgan fingerprint density at radius 1 is 1.27 bits per heavy atom. The summed E-state index contributed by atoms with van der Waals surface area (Å²) in [4.78, 5) is 12.1. The summed E-state index contributed by atoms with van der Waals surface area (Å²) < 4.78 is 37.4. The maximum Gasteiger partial charge on any atom is 0.323 e. The molecule has 0 radical (unpaired) electrons. The van der Waals surface area contributed by atoms with Crippen molar-refractivity contribution < 1.29 is 22.5 Å². The lowest BCUT2D eigenvalue weighted by molar-refractivity contribution is -0.174. The smallest absolute Gasteiger partial charge is 0.323 e. The minimum absolute atomic E-state index is 0.0990. The fourth-order valence-electron chi connectivity index (χ4n) is 4.84. The maximum absolute atomic E-state index is 12.1. The van der Waals surface area contributed by atoms with Crippen molar-refractivity contribution in [3.63, 3.8) is 0 Å². The van der Waals surface area contributed by atoms with Crippen LogP contribution in [-0.4, -0.2) is 42.4 Å². The van der Waals surface area contributed by atoms with E-state index in [2.05, 4.69) is 0 Å². The first-order valence-electron chi connectivity index (χ1n) is 7.84. The molecule has 8 heteroatoms. The van der Waals surface area contributed by atoms with Crippen molar-refractivity contribution in [1.82, 2.24) is 0 Å². The van der Waals surface area contributed by atoms with Gasteiger partial charge in [0.2, 0.25) is 0 Å². The average Bonchev–Trinajstić information content (AvgIpc) is 2.37. The van der Waals surface area contributed by atoms with Gasteiger partial charge in [0, 0.05) is 11.3 Å². The molecule has 126 valence electrons. The molecule has 0 saturated heterocycles.